The average molecular weight is 256 g/mol. The lowest BCUT2D eigenvalue weighted by Crippen LogP contribution is -2.56. The van der Waals surface area contributed by atoms with Crippen LogP contribution < -0.4 is 5.32 Å². The van der Waals surface area contributed by atoms with Crippen LogP contribution in [0.3, 0.4) is 0 Å². The normalized spacial score (nSPS) is 18.5. The van der Waals surface area contributed by atoms with E-state index in [2.05, 4.69) is 5.32 Å². The minimum atomic E-state index is -0.935. The average Bonchev–Trinajstić information content (AvgIpc) is 2.61. The van der Waals surface area contributed by atoms with Crippen LogP contribution in [0, 0.1) is 0 Å². The largest absolute Gasteiger partial charge is 0.388 e. The van der Waals surface area contributed by atoms with Gasteiger partial charge in [-0.3, -0.25) is 9.59 Å². The quantitative estimate of drug-likeness (QED) is 0.776. The Balaban J connectivity index is 2.63. The maximum absolute atomic E-state index is 12.2. The molecule has 1 aliphatic rings. The summed E-state index contributed by atoms with van der Waals surface area (Å²) >= 11 is 0. The molecule has 2 N–H and O–H groups in total. The zero-order valence-electron chi connectivity index (χ0n) is 11.7. The van der Waals surface area contributed by atoms with E-state index in [0.717, 1.165) is 25.7 Å². The first-order valence-corrected chi connectivity index (χ1v) is 6.43. The van der Waals surface area contributed by atoms with Crippen molar-refractivity contribution in [3.63, 3.8) is 0 Å². The lowest BCUT2D eigenvalue weighted by atomic mass is 9.99. The van der Waals surface area contributed by atoms with E-state index in [0.29, 0.717) is 6.54 Å². The third-order valence-corrected chi connectivity index (χ3v) is 3.44. The molecule has 1 rings (SSSR count). The number of likely N-dealkylation sites (N-methyl/N-ethyl adjacent to an activating group) is 1. The van der Waals surface area contributed by atoms with Gasteiger partial charge in [0.15, 0.2) is 0 Å². The maximum atomic E-state index is 12.2. The van der Waals surface area contributed by atoms with Crippen LogP contribution in [0.15, 0.2) is 0 Å². The molecule has 2 amide bonds. The fourth-order valence-electron chi connectivity index (χ4n) is 2.68. The number of nitrogens with zero attached hydrogens (tertiary/aromatic N) is 1. The monoisotopic (exact) mass is 256 g/mol. The smallest absolute Gasteiger partial charge is 0.247 e. The minimum absolute atomic E-state index is 0.182. The number of hydrogen-bond donors (Lipinski definition) is 2. The van der Waals surface area contributed by atoms with Crippen molar-refractivity contribution in [2.45, 2.75) is 57.6 Å². The van der Waals surface area contributed by atoms with E-state index in [1.807, 2.05) is 0 Å². The molecule has 1 saturated carbocycles. The highest BCUT2D eigenvalue weighted by atomic mass is 16.3. The molecule has 5 nitrogen and oxygen atoms in total. The van der Waals surface area contributed by atoms with Gasteiger partial charge in [-0.05, 0) is 26.7 Å². The van der Waals surface area contributed by atoms with Gasteiger partial charge in [-0.15, -0.1) is 0 Å². The van der Waals surface area contributed by atoms with Crippen LogP contribution >= 0.6 is 0 Å². The SMILES string of the molecule is CC(=O)NC(C)(C)C(=O)N(C)CC1(O)CCCC1. The van der Waals surface area contributed by atoms with Crippen molar-refractivity contribution in [1.82, 2.24) is 10.2 Å². The van der Waals surface area contributed by atoms with Crippen molar-refractivity contribution in [3.8, 4) is 0 Å². The first-order chi connectivity index (χ1) is 8.16. The predicted octanol–water partition coefficient (Wildman–Crippen LogP) is 0.665. The van der Waals surface area contributed by atoms with Crippen LogP contribution in [-0.2, 0) is 9.59 Å². The molecular weight excluding hydrogens is 232 g/mol. The Labute approximate surface area is 109 Å². The van der Waals surface area contributed by atoms with Crippen molar-refractivity contribution in [3.05, 3.63) is 0 Å². The number of amides is 2. The molecule has 5 heteroatoms. The Kier molecular flexibility index (Phi) is 4.37. The number of carbonyl (C=O) groups is 2. The van der Waals surface area contributed by atoms with Gasteiger partial charge in [0.1, 0.15) is 5.54 Å². The molecule has 0 unspecified atom stereocenters. The number of nitrogens with one attached hydrogen (secondary N) is 1. The molecule has 0 aromatic carbocycles. The summed E-state index contributed by atoms with van der Waals surface area (Å²) in [6.45, 7) is 5.06. The van der Waals surface area contributed by atoms with Gasteiger partial charge in [-0.25, -0.2) is 0 Å². The number of carbonyl (C=O) groups excluding carboxylic acids is 2. The van der Waals surface area contributed by atoms with Crippen LogP contribution in [0.5, 0.6) is 0 Å². The van der Waals surface area contributed by atoms with Gasteiger partial charge in [0, 0.05) is 20.5 Å². The van der Waals surface area contributed by atoms with Crippen LogP contribution in [0.4, 0.5) is 0 Å². The van der Waals surface area contributed by atoms with Crippen LogP contribution in [-0.4, -0.2) is 46.6 Å². The molecule has 0 saturated heterocycles. The fourth-order valence-corrected chi connectivity index (χ4v) is 2.68. The van der Waals surface area contributed by atoms with Gasteiger partial charge >= 0.3 is 0 Å². The Morgan fingerprint density at radius 2 is 1.83 bits per heavy atom. The van der Waals surface area contributed by atoms with Gasteiger partial charge in [0.05, 0.1) is 5.60 Å². The third-order valence-electron chi connectivity index (χ3n) is 3.44. The first-order valence-electron chi connectivity index (χ1n) is 6.43. The van der Waals surface area contributed by atoms with E-state index in [4.69, 9.17) is 0 Å². The molecule has 0 heterocycles. The van der Waals surface area contributed by atoms with Crippen LogP contribution in [0.1, 0.15) is 46.5 Å². The zero-order valence-corrected chi connectivity index (χ0v) is 11.7. The van der Waals surface area contributed by atoms with Gasteiger partial charge in [-0.1, -0.05) is 12.8 Å². The second-order valence-corrected chi connectivity index (χ2v) is 5.90. The Morgan fingerprint density at radius 1 is 1.33 bits per heavy atom. The summed E-state index contributed by atoms with van der Waals surface area (Å²) in [6.07, 6.45) is 3.50. The van der Waals surface area contributed by atoms with Gasteiger partial charge < -0.3 is 15.3 Å². The summed E-state index contributed by atoms with van der Waals surface area (Å²) in [4.78, 5) is 24.8. The lowest BCUT2D eigenvalue weighted by molar-refractivity contribution is -0.141. The van der Waals surface area contributed by atoms with E-state index in [1.54, 1.807) is 20.9 Å². The molecular formula is C13H24N2O3. The van der Waals surface area contributed by atoms with Crippen molar-refractivity contribution in [1.29, 1.82) is 0 Å². The summed E-state index contributed by atoms with van der Waals surface area (Å²) in [5.74, 6) is -0.417. The minimum Gasteiger partial charge on any atom is -0.388 e. The third kappa shape index (κ3) is 3.70. The molecule has 1 fully saturated rings. The van der Waals surface area contributed by atoms with Gasteiger partial charge in [0.2, 0.25) is 11.8 Å². The van der Waals surface area contributed by atoms with E-state index in [-0.39, 0.29) is 11.8 Å². The molecule has 0 radical (unpaired) electrons. The van der Waals surface area contributed by atoms with E-state index >= 15 is 0 Å². The number of aliphatic hydroxyl groups is 1. The first kappa shape index (κ1) is 15.0. The number of rotatable bonds is 4. The number of hydrogen-bond acceptors (Lipinski definition) is 3. The van der Waals surface area contributed by atoms with Crippen molar-refractivity contribution >= 4 is 11.8 Å². The highest BCUT2D eigenvalue weighted by Crippen LogP contribution is 2.30. The lowest BCUT2D eigenvalue weighted by Gasteiger charge is -2.34. The summed E-state index contributed by atoms with van der Waals surface area (Å²) in [5, 5.41) is 12.9. The van der Waals surface area contributed by atoms with E-state index < -0.39 is 11.1 Å². The van der Waals surface area contributed by atoms with Crippen molar-refractivity contribution < 1.29 is 14.7 Å². The molecule has 18 heavy (non-hydrogen) atoms. The summed E-state index contributed by atoms with van der Waals surface area (Å²) in [5.41, 5.74) is -1.69. The van der Waals surface area contributed by atoms with E-state index in [1.165, 1.54) is 11.8 Å². The fraction of sp³-hybridized carbons (Fsp3) is 0.846. The molecule has 0 spiro atoms. The summed E-state index contributed by atoms with van der Waals surface area (Å²) < 4.78 is 0. The molecule has 104 valence electrons. The van der Waals surface area contributed by atoms with Crippen LogP contribution in [0.2, 0.25) is 0 Å². The molecule has 0 aromatic heterocycles. The van der Waals surface area contributed by atoms with Crippen molar-refractivity contribution in [2.75, 3.05) is 13.6 Å². The van der Waals surface area contributed by atoms with E-state index in [9.17, 15) is 14.7 Å². The van der Waals surface area contributed by atoms with Crippen LogP contribution in [0.25, 0.3) is 0 Å². The molecule has 1 aliphatic carbocycles. The predicted molar refractivity (Wildman–Crippen MR) is 69.0 cm³/mol. The second kappa shape index (κ2) is 5.26. The Morgan fingerprint density at radius 3 is 2.28 bits per heavy atom. The molecule has 0 aromatic rings. The van der Waals surface area contributed by atoms with Gasteiger partial charge in [0.25, 0.3) is 0 Å². The highest BCUT2D eigenvalue weighted by Gasteiger charge is 2.37. The topological polar surface area (TPSA) is 69.6 Å². The molecule has 0 bridgehead atoms. The highest BCUT2D eigenvalue weighted by molar-refractivity contribution is 5.90. The van der Waals surface area contributed by atoms with Crippen molar-refractivity contribution in [2.24, 2.45) is 0 Å². The Hall–Kier alpha value is -1.10. The maximum Gasteiger partial charge on any atom is 0.247 e. The second-order valence-electron chi connectivity index (χ2n) is 5.90. The Bertz CT molecular complexity index is 333. The summed E-state index contributed by atoms with van der Waals surface area (Å²) in [7, 11) is 1.67. The molecule has 0 atom stereocenters. The molecule has 0 aliphatic heterocycles. The zero-order chi connectivity index (χ0) is 14.0. The summed E-state index contributed by atoms with van der Waals surface area (Å²) in [6, 6.07) is 0. The standard InChI is InChI=1S/C13H24N2O3/c1-10(16)14-12(2,3)11(17)15(4)9-13(18)7-5-6-8-13/h18H,5-9H2,1-4H3,(H,14,16). The van der Waals surface area contributed by atoms with Gasteiger partial charge in [-0.2, -0.15) is 0 Å².